The summed E-state index contributed by atoms with van der Waals surface area (Å²) in [7, 11) is 1.63. The molecule has 19 unspecified atom stereocenters. The van der Waals surface area contributed by atoms with Gasteiger partial charge in [-0.15, -0.1) is 0 Å². The van der Waals surface area contributed by atoms with Crippen LogP contribution < -0.4 is 11.1 Å². The van der Waals surface area contributed by atoms with Crippen molar-refractivity contribution in [3.63, 3.8) is 0 Å². The first-order chi connectivity index (χ1) is 34.7. The number of carboxylic acid groups (broad SMARTS) is 1. The summed E-state index contributed by atoms with van der Waals surface area (Å²) in [6.45, 7) is 13.2. The van der Waals surface area contributed by atoms with E-state index in [1.54, 1.807) is 40.8 Å². The number of aliphatic imine (C=N–C) groups is 1. The number of carbonyl (C=O) groups is 3. The minimum Gasteiger partial charge on any atom is -0.481 e. The van der Waals surface area contributed by atoms with E-state index in [1.807, 2.05) is 13.8 Å². The van der Waals surface area contributed by atoms with Crippen LogP contribution in [0.2, 0.25) is 0 Å². The summed E-state index contributed by atoms with van der Waals surface area (Å²) in [6.07, 6.45) is -2.38. The number of nitrogens with zero attached hydrogens (tertiary/aromatic N) is 1. The molecule has 2 rings (SSSR count). The molecular formula is C54H95N3O17. The fourth-order valence-corrected chi connectivity index (χ4v) is 9.77. The van der Waals surface area contributed by atoms with E-state index < -0.39 is 139 Å². The molecule has 0 aliphatic carbocycles. The standard InChI is InChI=1S/C54H95N3O17/c1-31(15-13-11-9-10-12-14-22-57-53(55)56-8)23-35(5)51-34(4)17-20-42(60)36(6)44(62)25-38(58)24-39(72-50(69)29-48(66)67)26-40-27-46(64)52(70)54(71,74-40)30-47(65)33(3)16-19-41(59)37(7)45(63)28-43(61)32(2)18-21-49(68)73-51/h9-10,17-18,20-21,31-47,51-52,58-65,70-71H,11-16,19,22-30H2,1-8H3,(H,66,67)(H3,55,56,57)/b10-9+,20-17+,21-18+/t31-,32?,33?,34?,35?,36?,37?,38?,39?,40?,41?,42?,43?,44?,45?,46?,47?,51?,52?,54?/m0/s1. The number of guanidine groups is 1. The van der Waals surface area contributed by atoms with Crippen molar-refractivity contribution in [1.29, 1.82) is 0 Å². The van der Waals surface area contributed by atoms with Crippen LogP contribution in [0.15, 0.2) is 41.4 Å². The molecule has 2 heterocycles. The lowest BCUT2D eigenvalue weighted by atomic mass is 9.83. The van der Waals surface area contributed by atoms with Crippen molar-refractivity contribution in [3.05, 3.63) is 36.5 Å². The van der Waals surface area contributed by atoms with Crippen LogP contribution in [0.1, 0.15) is 145 Å². The fourth-order valence-electron chi connectivity index (χ4n) is 9.77. The number of cyclic esters (lactones) is 1. The number of hydrogen-bond acceptors (Lipinski definition) is 17. The molecule has 0 saturated carbocycles. The minimum absolute atomic E-state index is 0.0910. The third kappa shape index (κ3) is 24.2. The van der Waals surface area contributed by atoms with Crippen molar-refractivity contribution in [2.75, 3.05) is 13.6 Å². The monoisotopic (exact) mass is 1060 g/mol. The molecular weight excluding hydrogens is 963 g/mol. The molecule has 0 aromatic heterocycles. The number of carbonyl (C=O) groups excluding carboxylic acids is 2. The van der Waals surface area contributed by atoms with Crippen LogP contribution in [0.3, 0.4) is 0 Å². The van der Waals surface area contributed by atoms with Crippen molar-refractivity contribution in [1.82, 2.24) is 5.32 Å². The van der Waals surface area contributed by atoms with Crippen LogP contribution in [0.5, 0.6) is 0 Å². The van der Waals surface area contributed by atoms with E-state index in [4.69, 9.17) is 19.9 Å². The Morgan fingerprint density at radius 1 is 0.811 bits per heavy atom. The summed E-state index contributed by atoms with van der Waals surface area (Å²) in [5.74, 6) is -8.53. The molecule has 20 atom stereocenters. The molecule has 0 aromatic carbocycles. The van der Waals surface area contributed by atoms with E-state index in [1.165, 1.54) is 18.2 Å². The van der Waals surface area contributed by atoms with Crippen LogP contribution in [0, 0.1) is 41.4 Å². The smallest absolute Gasteiger partial charge is 0.330 e. The molecule has 20 heteroatoms. The number of allylic oxidation sites excluding steroid dienone is 2. The molecule has 0 amide bonds. The number of aliphatic hydroxyl groups excluding tert-OH is 9. The molecule has 1 saturated heterocycles. The van der Waals surface area contributed by atoms with Gasteiger partial charge in [-0.1, -0.05) is 85.3 Å². The summed E-state index contributed by atoms with van der Waals surface area (Å²) in [4.78, 5) is 41.4. The highest BCUT2D eigenvalue weighted by Gasteiger charge is 2.50. The first-order valence-corrected chi connectivity index (χ1v) is 26.8. The van der Waals surface area contributed by atoms with Gasteiger partial charge in [0, 0.05) is 75.4 Å². The normalized spacial score (nSPS) is 38.2. The van der Waals surface area contributed by atoms with Gasteiger partial charge in [0.25, 0.3) is 0 Å². The van der Waals surface area contributed by atoms with Gasteiger partial charge in [0.2, 0.25) is 0 Å². The molecule has 74 heavy (non-hydrogen) atoms. The van der Waals surface area contributed by atoms with Crippen LogP contribution in [0.25, 0.3) is 0 Å². The molecule has 20 nitrogen and oxygen atoms in total. The van der Waals surface area contributed by atoms with Crippen LogP contribution in [-0.4, -0.2) is 173 Å². The number of ether oxygens (including phenoxy) is 3. The number of aliphatic carboxylic acids is 1. The molecule has 2 aliphatic heterocycles. The SMILES string of the molecule is CN=C(N)NCCC/C=C/CCC[C@H](C)CC(C)C1OC(=O)/C=C/C(C)C(O)CC(O)C(C)C(O)CCC(C)C(O)CC2(O)OC(CC(OC(=O)CC(=O)O)CC(O)CC(O)C(C)C(O)/C=C/C1C)CC(O)C2O. The molecule has 0 aromatic rings. The number of nitrogens with two attached hydrogens (primary N) is 1. The topological polar surface area (TPSA) is 352 Å². The molecule has 2 aliphatic rings. The van der Waals surface area contributed by atoms with Gasteiger partial charge < -0.3 is 81.4 Å². The highest BCUT2D eigenvalue weighted by molar-refractivity contribution is 5.90. The van der Waals surface area contributed by atoms with Gasteiger partial charge in [-0.25, -0.2) is 4.79 Å². The Morgan fingerprint density at radius 2 is 1.46 bits per heavy atom. The molecule has 428 valence electrons. The fraction of sp³-hybridized carbons (Fsp3) is 0.815. The number of hydrogen-bond donors (Lipinski definition) is 13. The quantitative estimate of drug-likeness (QED) is 0.0297. The van der Waals surface area contributed by atoms with Gasteiger partial charge in [-0.2, -0.15) is 0 Å². The number of fused-ring (bicyclic) bond motifs is 2. The number of nitrogens with one attached hydrogen (secondary N) is 1. The van der Waals surface area contributed by atoms with Crippen LogP contribution >= 0.6 is 0 Å². The minimum atomic E-state index is -2.52. The van der Waals surface area contributed by atoms with E-state index in [0.717, 1.165) is 38.6 Å². The third-order valence-corrected chi connectivity index (χ3v) is 15.0. The zero-order valence-corrected chi connectivity index (χ0v) is 45.1. The summed E-state index contributed by atoms with van der Waals surface area (Å²) >= 11 is 0. The Bertz CT molecular complexity index is 1770. The molecule has 0 radical (unpaired) electrons. The van der Waals surface area contributed by atoms with E-state index >= 15 is 0 Å². The van der Waals surface area contributed by atoms with Gasteiger partial charge in [0.15, 0.2) is 11.7 Å². The van der Waals surface area contributed by atoms with Crippen molar-refractivity contribution >= 4 is 23.9 Å². The van der Waals surface area contributed by atoms with Crippen molar-refractivity contribution in [2.24, 2.45) is 52.2 Å². The molecule has 1 fully saturated rings. The molecule has 0 spiro atoms. The first kappa shape index (κ1) is 66.6. The molecule has 14 N–H and O–H groups in total. The third-order valence-electron chi connectivity index (χ3n) is 15.0. The molecule has 2 bridgehead atoms. The maximum Gasteiger partial charge on any atom is 0.330 e. The van der Waals surface area contributed by atoms with Gasteiger partial charge >= 0.3 is 17.9 Å². The average Bonchev–Trinajstić information content (AvgIpc) is 3.32. The Balaban J connectivity index is 2.41. The Labute approximate surface area is 438 Å². The summed E-state index contributed by atoms with van der Waals surface area (Å²) in [6, 6.07) is 0. The Hall–Kier alpha value is -3.54. The number of aliphatic hydroxyl groups is 10. The highest BCUT2D eigenvalue weighted by atomic mass is 16.7. The second kappa shape index (κ2) is 33.6. The number of unbranched alkanes of at least 4 members (excludes halogenated alkanes) is 2. The van der Waals surface area contributed by atoms with E-state index in [-0.39, 0.29) is 56.8 Å². The maximum atomic E-state index is 13.5. The predicted octanol–water partition coefficient (Wildman–Crippen LogP) is 2.75. The Morgan fingerprint density at radius 3 is 2.11 bits per heavy atom. The van der Waals surface area contributed by atoms with Gasteiger partial charge in [-0.05, 0) is 69.1 Å². The second-order valence-electron chi connectivity index (χ2n) is 21.7. The summed E-state index contributed by atoms with van der Waals surface area (Å²) in [5, 5.41) is 124. The maximum absolute atomic E-state index is 13.5. The predicted molar refractivity (Wildman–Crippen MR) is 278 cm³/mol. The van der Waals surface area contributed by atoms with E-state index in [0.29, 0.717) is 12.4 Å². The summed E-state index contributed by atoms with van der Waals surface area (Å²) < 4.78 is 17.4. The van der Waals surface area contributed by atoms with Gasteiger partial charge in [-0.3, -0.25) is 14.6 Å². The van der Waals surface area contributed by atoms with E-state index in [2.05, 4.69) is 29.4 Å². The first-order valence-electron chi connectivity index (χ1n) is 26.8. The second-order valence-corrected chi connectivity index (χ2v) is 21.7. The van der Waals surface area contributed by atoms with Crippen LogP contribution in [0.4, 0.5) is 0 Å². The average molecular weight is 1060 g/mol. The van der Waals surface area contributed by atoms with Gasteiger partial charge in [0.05, 0.1) is 54.9 Å². The Kier molecular flexibility index (Phi) is 30.2. The van der Waals surface area contributed by atoms with Crippen LogP contribution in [-0.2, 0) is 28.6 Å². The summed E-state index contributed by atoms with van der Waals surface area (Å²) in [5.41, 5.74) is 5.67. The van der Waals surface area contributed by atoms with Crippen molar-refractivity contribution in [3.8, 4) is 0 Å². The zero-order chi connectivity index (χ0) is 55.9. The number of carboxylic acids is 1. The van der Waals surface area contributed by atoms with Crippen molar-refractivity contribution in [2.45, 2.75) is 224 Å². The lowest BCUT2D eigenvalue weighted by molar-refractivity contribution is -0.333. The number of esters is 2. The zero-order valence-electron chi connectivity index (χ0n) is 45.1. The largest absolute Gasteiger partial charge is 0.481 e. The van der Waals surface area contributed by atoms with Crippen molar-refractivity contribution < 1.29 is 84.8 Å². The van der Waals surface area contributed by atoms with E-state index in [9.17, 15) is 70.6 Å². The lowest BCUT2D eigenvalue weighted by Gasteiger charge is -2.45. The lowest BCUT2D eigenvalue weighted by Crippen LogP contribution is -2.60. The highest BCUT2D eigenvalue weighted by Crippen LogP contribution is 2.36. The van der Waals surface area contributed by atoms with Gasteiger partial charge in [0.1, 0.15) is 24.7 Å². The number of rotatable bonds is 14.